The lowest BCUT2D eigenvalue weighted by Crippen LogP contribution is -2.19. The number of terminal acetylenes is 1. The van der Waals surface area contributed by atoms with Gasteiger partial charge in [0.2, 0.25) is 0 Å². The molecule has 0 heterocycles. The fourth-order valence-corrected chi connectivity index (χ4v) is 2.65. The molecule has 1 fully saturated rings. The Bertz CT molecular complexity index is 477. The fourth-order valence-electron chi connectivity index (χ4n) is 2.65. The molecule has 0 aliphatic heterocycles. The average Bonchev–Trinajstić information content (AvgIpc) is 2.93. The Balaban J connectivity index is 2.26. The number of benzene rings is 1. The molecule has 1 unspecified atom stereocenters. The van der Waals surface area contributed by atoms with Gasteiger partial charge in [0, 0.05) is 0 Å². The Morgan fingerprint density at radius 1 is 1.37 bits per heavy atom. The van der Waals surface area contributed by atoms with Crippen molar-refractivity contribution < 1.29 is 4.74 Å². The molecule has 1 nitrogen and oxygen atoms in total. The van der Waals surface area contributed by atoms with Crippen molar-refractivity contribution in [2.45, 2.75) is 64.4 Å². The number of aryl methyl sites for hydroxylation is 1. The summed E-state index contributed by atoms with van der Waals surface area (Å²) >= 11 is 0. The molecule has 1 aliphatic rings. The van der Waals surface area contributed by atoms with Gasteiger partial charge in [-0.2, -0.15) is 0 Å². The van der Waals surface area contributed by atoms with E-state index >= 15 is 0 Å². The van der Waals surface area contributed by atoms with E-state index in [-0.39, 0.29) is 5.41 Å². The van der Waals surface area contributed by atoms with E-state index in [1.165, 1.54) is 36.8 Å². The molecule has 19 heavy (non-hydrogen) atoms. The number of hydrogen-bond acceptors (Lipinski definition) is 1. The molecule has 0 bridgehead atoms. The van der Waals surface area contributed by atoms with E-state index in [1.54, 1.807) is 0 Å². The van der Waals surface area contributed by atoms with Gasteiger partial charge in [0.15, 0.2) is 0 Å². The smallest absolute Gasteiger partial charge is 0.122 e. The van der Waals surface area contributed by atoms with E-state index < -0.39 is 0 Å². The predicted molar refractivity (Wildman–Crippen MR) is 80.5 cm³/mol. The molecule has 1 aromatic rings. The molecule has 1 heteroatoms. The largest absolute Gasteiger partial charge is 0.490 e. The molecule has 1 aliphatic carbocycles. The first-order valence-electron chi connectivity index (χ1n) is 7.34. The molecule has 0 spiro atoms. The number of rotatable bonds is 4. The van der Waals surface area contributed by atoms with Crippen molar-refractivity contribution >= 4 is 0 Å². The minimum atomic E-state index is -0.193. The van der Waals surface area contributed by atoms with Crippen LogP contribution in [0.25, 0.3) is 0 Å². The summed E-state index contributed by atoms with van der Waals surface area (Å²) in [6, 6.07) is 6.42. The number of hydrogen-bond donors (Lipinski definition) is 0. The van der Waals surface area contributed by atoms with Crippen LogP contribution < -0.4 is 4.74 Å². The molecule has 1 aromatic carbocycles. The first kappa shape index (κ1) is 14.0. The zero-order chi connectivity index (χ0) is 13.9. The van der Waals surface area contributed by atoms with Crippen LogP contribution in [0, 0.1) is 19.3 Å². The normalized spacial score (nSPS) is 18.8. The zero-order valence-electron chi connectivity index (χ0n) is 12.3. The molecule has 2 rings (SSSR count). The molecular formula is C18H24O. The molecular weight excluding hydrogens is 232 g/mol. The summed E-state index contributed by atoms with van der Waals surface area (Å²) in [6.45, 7) is 6.36. The highest BCUT2D eigenvalue weighted by atomic mass is 16.5. The second kappa shape index (κ2) is 5.70. The third-order valence-corrected chi connectivity index (χ3v) is 4.45. The highest BCUT2D eigenvalue weighted by molar-refractivity contribution is 5.43. The number of ether oxygens (including phenoxy) is 1. The van der Waals surface area contributed by atoms with E-state index in [0.29, 0.717) is 6.10 Å². The van der Waals surface area contributed by atoms with E-state index in [9.17, 15) is 0 Å². The SMILES string of the molecule is C#CC(C)(CC)c1ccc(C)c(OC2CCCC2)c1. The monoisotopic (exact) mass is 256 g/mol. The van der Waals surface area contributed by atoms with Crippen LogP contribution in [0.4, 0.5) is 0 Å². The van der Waals surface area contributed by atoms with Crippen molar-refractivity contribution in [1.29, 1.82) is 0 Å². The van der Waals surface area contributed by atoms with E-state index in [4.69, 9.17) is 11.2 Å². The van der Waals surface area contributed by atoms with Crippen LogP contribution >= 0.6 is 0 Å². The molecule has 0 aromatic heterocycles. The van der Waals surface area contributed by atoms with Gasteiger partial charge >= 0.3 is 0 Å². The van der Waals surface area contributed by atoms with Gasteiger partial charge in [-0.1, -0.05) is 25.0 Å². The maximum absolute atomic E-state index is 6.16. The molecule has 1 atom stereocenters. The average molecular weight is 256 g/mol. The van der Waals surface area contributed by atoms with Crippen molar-refractivity contribution in [2.24, 2.45) is 0 Å². The van der Waals surface area contributed by atoms with Gasteiger partial charge in [-0.15, -0.1) is 6.42 Å². The lowest BCUT2D eigenvalue weighted by atomic mass is 9.80. The maximum Gasteiger partial charge on any atom is 0.122 e. The fraction of sp³-hybridized carbons (Fsp3) is 0.556. The lowest BCUT2D eigenvalue weighted by molar-refractivity contribution is 0.208. The van der Waals surface area contributed by atoms with Crippen LogP contribution in [-0.4, -0.2) is 6.10 Å². The molecule has 0 saturated heterocycles. The minimum absolute atomic E-state index is 0.193. The zero-order valence-corrected chi connectivity index (χ0v) is 12.3. The lowest BCUT2D eigenvalue weighted by Gasteiger charge is -2.24. The Kier molecular flexibility index (Phi) is 4.20. The minimum Gasteiger partial charge on any atom is -0.490 e. The van der Waals surface area contributed by atoms with Gasteiger partial charge in [0.25, 0.3) is 0 Å². The van der Waals surface area contributed by atoms with Crippen molar-refractivity contribution in [3.05, 3.63) is 29.3 Å². The summed E-state index contributed by atoms with van der Waals surface area (Å²) in [7, 11) is 0. The molecule has 1 saturated carbocycles. The highest BCUT2D eigenvalue weighted by Crippen LogP contribution is 2.33. The standard InChI is InChI=1S/C18H24O/c1-5-18(4,6-2)15-12-11-14(3)17(13-15)19-16-9-7-8-10-16/h1,11-13,16H,6-10H2,2-4H3. The summed E-state index contributed by atoms with van der Waals surface area (Å²) in [6.07, 6.45) is 12.0. The van der Waals surface area contributed by atoms with Gasteiger partial charge in [-0.3, -0.25) is 0 Å². The summed E-state index contributed by atoms with van der Waals surface area (Å²) in [4.78, 5) is 0. The molecule has 0 radical (unpaired) electrons. The van der Waals surface area contributed by atoms with Crippen LogP contribution in [0.2, 0.25) is 0 Å². The Morgan fingerprint density at radius 3 is 2.63 bits per heavy atom. The van der Waals surface area contributed by atoms with Crippen LogP contribution in [-0.2, 0) is 5.41 Å². The van der Waals surface area contributed by atoms with Crippen LogP contribution in [0.1, 0.15) is 57.1 Å². The van der Waals surface area contributed by atoms with E-state index in [1.807, 2.05) is 0 Å². The van der Waals surface area contributed by atoms with Gasteiger partial charge < -0.3 is 4.74 Å². The van der Waals surface area contributed by atoms with E-state index in [2.05, 4.69) is 44.9 Å². The van der Waals surface area contributed by atoms with Gasteiger partial charge in [0.1, 0.15) is 5.75 Å². The van der Waals surface area contributed by atoms with Crippen molar-refractivity contribution in [3.8, 4) is 18.1 Å². The Morgan fingerprint density at radius 2 is 2.05 bits per heavy atom. The first-order chi connectivity index (χ1) is 9.09. The Labute approximate surface area is 117 Å². The quantitative estimate of drug-likeness (QED) is 0.714. The van der Waals surface area contributed by atoms with E-state index in [0.717, 1.165) is 12.2 Å². The van der Waals surface area contributed by atoms with Crippen molar-refractivity contribution in [1.82, 2.24) is 0 Å². The van der Waals surface area contributed by atoms with Gasteiger partial charge in [-0.05, 0) is 63.1 Å². The first-order valence-corrected chi connectivity index (χ1v) is 7.34. The third kappa shape index (κ3) is 2.95. The highest BCUT2D eigenvalue weighted by Gasteiger charge is 2.23. The molecule has 102 valence electrons. The molecule has 0 amide bonds. The Hall–Kier alpha value is -1.42. The van der Waals surface area contributed by atoms with Crippen LogP contribution in [0.15, 0.2) is 18.2 Å². The van der Waals surface area contributed by atoms with Crippen LogP contribution in [0.5, 0.6) is 5.75 Å². The maximum atomic E-state index is 6.16. The van der Waals surface area contributed by atoms with Gasteiger partial charge in [0.05, 0.1) is 11.5 Å². The van der Waals surface area contributed by atoms with Crippen molar-refractivity contribution in [2.75, 3.05) is 0 Å². The summed E-state index contributed by atoms with van der Waals surface area (Å²) in [5.74, 6) is 3.94. The predicted octanol–water partition coefficient (Wildman–Crippen LogP) is 4.62. The summed E-state index contributed by atoms with van der Waals surface area (Å²) in [5.41, 5.74) is 2.20. The second-order valence-electron chi connectivity index (χ2n) is 5.83. The topological polar surface area (TPSA) is 9.23 Å². The third-order valence-electron chi connectivity index (χ3n) is 4.45. The summed E-state index contributed by atoms with van der Waals surface area (Å²) < 4.78 is 6.16. The van der Waals surface area contributed by atoms with Gasteiger partial charge in [-0.25, -0.2) is 0 Å². The second-order valence-corrected chi connectivity index (χ2v) is 5.83. The summed E-state index contributed by atoms with van der Waals surface area (Å²) in [5, 5.41) is 0. The van der Waals surface area contributed by atoms with Crippen LogP contribution in [0.3, 0.4) is 0 Å². The van der Waals surface area contributed by atoms with Crippen molar-refractivity contribution in [3.63, 3.8) is 0 Å². The molecule has 0 N–H and O–H groups in total.